The Morgan fingerprint density at radius 1 is 1.50 bits per heavy atom. The van der Waals surface area contributed by atoms with E-state index >= 15 is 0 Å². The van der Waals surface area contributed by atoms with Crippen molar-refractivity contribution < 1.29 is 18.7 Å². The van der Waals surface area contributed by atoms with E-state index in [9.17, 15) is 14.0 Å². The first-order chi connectivity index (χ1) is 9.58. The molecular formula is C13H14FN3O3. The average Bonchev–Trinajstić information content (AvgIpc) is 2.45. The van der Waals surface area contributed by atoms with Gasteiger partial charge in [0.15, 0.2) is 0 Å². The molecule has 2 rings (SSSR count). The minimum absolute atomic E-state index is 0.0937. The summed E-state index contributed by atoms with van der Waals surface area (Å²) < 4.78 is 18.1. The van der Waals surface area contributed by atoms with Gasteiger partial charge in [0.1, 0.15) is 11.9 Å². The predicted octanol–water partition coefficient (Wildman–Crippen LogP) is -0.0534. The molecule has 1 fully saturated rings. The number of hydrogen-bond acceptors (Lipinski definition) is 4. The van der Waals surface area contributed by atoms with Gasteiger partial charge in [-0.05, 0) is 17.7 Å². The Hall–Kier alpha value is -2.28. The summed E-state index contributed by atoms with van der Waals surface area (Å²) in [6.45, 7) is 0.736. The summed E-state index contributed by atoms with van der Waals surface area (Å²) in [5.74, 6) is -1.47. The van der Waals surface area contributed by atoms with E-state index in [1.54, 1.807) is 0 Å². The van der Waals surface area contributed by atoms with Crippen LogP contribution in [0, 0.1) is 5.82 Å². The average molecular weight is 279 g/mol. The minimum Gasteiger partial charge on any atom is -0.377 e. The van der Waals surface area contributed by atoms with Gasteiger partial charge in [0.05, 0.1) is 19.4 Å². The van der Waals surface area contributed by atoms with Gasteiger partial charge in [0, 0.05) is 18.8 Å². The molecule has 7 heteroatoms. The molecule has 0 aliphatic carbocycles. The molecule has 1 aliphatic heterocycles. The van der Waals surface area contributed by atoms with Crippen molar-refractivity contribution in [3.05, 3.63) is 35.9 Å². The van der Waals surface area contributed by atoms with Crippen molar-refractivity contribution in [2.75, 3.05) is 19.8 Å². The molecule has 0 aromatic carbocycles. The Labute approximate surface area is 115 Å². The van der Waals surface area contributed by atoms with Crippen molar-refractivity contribution in [1.82, 2.24) is 9.88 Å². The quantitative estimate of drug-likeness (QED) is 0.786. The Morgan fingerprint density at radius 3 is 3.00 bits per heavy atom. The Morgan fingerprint density at radius 2 is 2.30 bits per heavy atom. The lowest BCUT2D eigenvalue weighted by Crippen LogP contribution is -2.54. The number of morpholine rings is 1. The summed E-state index contributed by atoms with van der Waals surface area (Å²) in [4.78, 5) is 28.3. The van der Waals surface area contributed by atoms with Crippen molar-refractivity contribution in [1.29, 1.82) is 0 Å². The Balaban J connectivity index is 2.08. The van der Waals surface area contributed by atoms with Crippen LogP contribution in [0.3, 0.4) is 0 Å². The molecule has 1 aromatic rings. The first kappa shape index (κ1) is 14.1. The number of nitrogens with two attached hydrogens (primary N) is 1. The Kier molecular flexibility index (Phi) is 4.41. The zero-order valence-corrected chi connectivity index (χ0v) is 10.7. The number of aromatic nitrogens is 1. The van der Waals surface area contributed by atoms with Gasteiger partial charge < -0.3 is 15.4 Å². The van der Waals surface area contributed by atoms with Crippen molar-refractivity contribution >= 4 is 17.9 Å². The summed E-state index contributed by atoms with van der Waals surface area (Å²) in [5, 5.41) is 0. The van der Waals surface area contributed by atoms with Gasteiger partial charge in [0.2, 0.25) is 11.8 Å². The summed E-state index contributed by atoms with van der Waals surface area (Å²) in [6, 6.07) is 0.480. The van der Waals surface area contributed by atoms with E-state index in [1.807, 2.05) is 0 Å². The third-order valence-electron chi connectivity index (χ3n) is 2.88. The highest BCUT2D eigenvalue weighted by atomic mass is 19.1. The van der Waals surface area contributed by atoms with Crippen molar-refractivity contribution in [3.63, 3.8) is 0 Å². The lowest BCUT2D eigenvalue weighted by molar-refractivity contribution is -0.143. The molecule has 1 saturated heterocycles. The topological polar surface area (TPSA) is 85.5 Å². The maximum Gasteiger partial charge on any atom is 0.247 e. The summed E-state index contributed by atoms with van der Waals surface area (Å²) in [7, 11) is 0. The maximum atomic E-state index is 12.9. The van der Waals surface area contributed by atoms with Crippen LogP contribution in [0.5, 0.6) is 0 Å². The number of ether oxygens (including phenoxy) is 1. The zero-order valence-electron chi connectivity index (χ0n) is 10.7. The van der Waals surface area contributed by atoms with Crippen LogP contribution in [-0.2, 0) is 14.3 Å². The van der Waals surface area contributed by atoms with E-state index in [0.29, 0.717) is 12.2 Å². The molecule has 20 heavy (non-hydrogen) atoms. The van der Waals surface area contributed by atoms with E-state index in [1.165, 1.54) is 29.3 Å². The van der Waals surface area contributed by atoms with Gasteiger partial charge in [-0.3, -0.25) is 14.6 Å². The fourth-order valence-electron chi connectivity index (χ4n) is 1.89. The van der Waals surface area contributed by atoms with Crippen LogP contribution >= 0.6 is 0 Å². The molecule has 2 heterocycles. The third-order valence-corrected chi connectivity index (χ3v) is 2.88. The van der Waals surface area contributed by atoms with Crippen LogP contribution in [0.1, 0.15) is 5.56 Å². The zero-order chi connectivity index (χ0) is 14.5. The number of halogens is 1. The third kappa shape index (κ3) is 3.39. The van der Waals surface area contributed by atoms with Gasteiger partial charge in [-0.15, -0.1) is 0 Å². The fraction of sp³-hybridized carbons (Fsp3) is 0.308. The van der Waals surface area contributed by atoms with Crippen LogP contribution in [-0.4, -0.2) is 47.5 Å². The molecule has 1 aliphatic rings. The molecule has 1 unspecified atom stereocenters. The number of nitrogens with zero attached hydrogens (tertiary/aromatic N) is 2. The smallest absolute Gasteiger partial charge is 0.247 e. The molecule has 0 radical (unpaired) electrons. The van der Waals surface area contributed by atoms with Gasteiger partial charge in [-0.25, -0.2) is 4.39 Å². The highest BCUT2D eigenvalue weighted by molar-refractivity contribution is 5.95. The fourth-order valence-corrected chi connectivity index (χ4v) is 1.89. The second-order valence-corrected chi connectivity index (χ2v) is 4.29. The largest absolute Gasteiger partial charge is 0.377 e. The van der Waals surface area contributed by atoms with E-state index in [-0.39, 0.29) is 19.1 Å². The number of rotatable bonds is 3. The second-order valence-electron chi connectivity index (χ2n) is 4.29. The van der Waals surface area contributed by atoms with Crippen molar-refractivity contribution in [2.24, 2.45) is 5.73 Å². The normalized spacial score (nSPS) is 19.2. The number of primary amides is 1. The van der Waals surface area contributed by atoms with Crippen molar-refractivity contribution in [3.8, 4) is 0 Å². The second kappa shape index (κ2) is 6.25. The molecule has 1 atom stereocenters. The van der Waals surface area contributed by atoms with Crippen LogP contribution in [0.4, 0.5) is 4.39 Å². The van der Waals surface area contributed by atoms with Crippen LogP contribution < -0.4 is 5.73 Å². The monoisotopic (exact) mass is 279 g/mol. The van der Waals surface area contributed by atoms with Gasteiger partial charge in [-0.1, -0.05) is 0 Å². The van der Waals surface area contributed by atoms with Crippen molar-refractivity contribution in [2.45, 2.75) is 6.04 Å². The highest BCUT2D eigenvalue weighted by Gasteiger charge is 2.30. The molecule has 0 bridgehead atoms. The molecule has 106 valence electrons. The van der Waals surface area contributed by atoms with Crippen LogP contribution in [0.25, 0.3) is 6.08 Å². The van der Waals surface area contributed by atoms with E-state index in [4.69, 9.17) is 10.5 Å². The lowest BCUT2D eigenvalue weighted by Gasteiger charge is -2.32. The van der Waals surface area contributed by atoms with Crippen LogP contribution in [0.15, 0.2) is 24.5 Å². The number of hydrogen-bond donors (Lipinski definition) is 1. The standard InChI is InChI=1S/C13H14FN3O3/c14-10-5-9(6-16-7-10)1-2-12(18)17-3-4-20-8-11(17)13(15)19/h1-2,5-7,11H,3-4,8H2,(H2,15,19)/b2-1+. The predicted molar refractivity (Wildman–Crippen MR) is 68.7 cm³/mol. The lowest BCUT2D eigenvalue weighted by atomic mass is 10.2. The number of carbonyl (C=O) groups excluding carboxylic acids is 2. The molecule has 0 spiro atoms. The molecule has 2 amide bonds. The maximum absolute atomic E-state index is 12.9. The first-order valence-electron chi connectivity index (χ1n) is 6.04. The molecule has 1 aromatic heterocycles. The minimum atomic E-state index is -0.772. The molecule has 6 nitrogen and oxygen atoms in total. The van der Waals surface area contributed by atoms with Gasteiger partial charge >= 0.3 is 0 Å². The van der Waals surface area contributed by atoms with Crippen LogP contribution in [0.2, 0.25) is 0 Å². The summed E-state index contributed by atoms with van der Waals surface area (Å²) >= 11 is 0. The summed E-state index contributed by atoms with van der Waals surface area (Å²) in [6.07, 6.45) is 5.20. The molecule has 0 saturated carbocycles. The highest BCUT2D eigenvalue weighted by Crippen LogP contribution is 2.09. The Bertz CT molecular complexity index is 547. The van der Waals surface area contributed by atoms with E-state index in [0.717, 1.165) is 6.20 Å². The van der Waals surface area contributed by atoms with E-state index in [2.05, 4.69) is 4.98 Å². The number of amides is 2. The molecule has 2 N–H and O–H groups in total. The SMILES string of the molecule is NC(=O)C1COCCN1C(=O)/C=C/c1cncc(F)c1. The van der Waals surface area contributed by atoms with Gasteiger partial charge in [0.25, 0.3) is 0 Å². The van der Waals surface area contributed by atoms with Gasteiger partial charge in [-0.2, -0.15) is 0 Å². The number of carbonyl (C=O) groups is 2. The van der Waals surface area contributed by atoms with E-state index < -0.39 is 17.8 Å². The number of pyridine rings is 1. The summed E-state index contributed by atoms with van der Waals surface area (Å²) in [5.41, 5.74) is 5.69. The molecular weight excluding hydrogens is 265 g/mol. The first-order valence-corrected chi connectivity index (χ1v) is 6.04.